The van der Waals surface area contributed by atoms with Crippen LogP contribution in [0.2, 0.25) is 0 Å². The van der Waals surface area contributed by atoms with Crippen molar-refractivity contribution >= 4 is 12.0 Å². The maximum atomic E-state index is 11.9. The highest BCUT2D eigenvalue weighted by Crippen LogP contribution is 2.26. The van der Waals surface area contributed by atoms with Gasteiger partial charge in [-0.15, -0.1) is 0 Å². The molecule has 0 unspecified atom stereocenters. The van der Waals surface area contributed by atoms with Crippen LogP contribution >= 0.6 is 0 Å². The normalized spacial score (nSPS) is 28.2. The van der Waals surface area contributed by atoms with E-state index in [-0.39, 0.29) is 24.8 Å². The second kappa shape index (κ2) is 5.34. The molecule has 7 heteroatoms. The van der Waals surface area contributed by atoms with Gasteiger partial charge in [-0.2, -0.15) is 0 Å². The van der Waals surface area contributed by atoms with Crippen molar-refractivity contribution in [1.29, 1.82) is 0 Å². The number of carboxylic acid groups (broad SMARTS) is 1. The van der Waals surface area contributed by atoms with Crippen LogP contribution in [0, 0.1) is 0 Å². The van der Waals surface area contributed by atoms with Crippen LogP contribution in [0.4, 0.5) is 4.79 Å². The van der Waals surface area contributed by atoms with Crippen LogP contribution in [0.3, 0.4) is 0 Å². The summed E-state index contributed by atoms with van der Waals surface area (Å²) in [4.78, 5) is 23.9. The first-order chi connectivity index (χ1) is 8.92. The highest BCUT2D eigenvalue weighted by molar-refractivity contribution is 5.76. The second-order valence-electron chi connectivity index (χ2n) is 5.46. The Morgan fingerprint density at radius 2 is 2.05 bits per heavy atom. The van der Waals surface area contributed by atoms with Gasteiger partial charge in [0.2, 0.25) is 0 Å². The van der Waals surface area contributed by atoms with E-state index in [0.29, 0.717) is 13.1 Å². The number of amides is 2. The fraction of sp³-hybridized carbons (Fsp3) is 0.833. The van der Waals surface area contributed by atoms with E-state index in [0.717, 1.165) is 12.8 Å². The summed E-state index contributed by atoms with van der Waals surface area (Å²) in [6.07, 6.45) is 1.96. The SMILES string of the molecule is COC1CC(NC(=O)N2CC(C)(OCC(=O)O)C2)C1. The standard InChI is InChI=1S/C12H20N2O5/c1-12(19-5-10(15)16)6-14(7-12)11(17)13-8-3-9(4-8)18-2/h8-9H,3-7H2,1-2H3,(H,13,17)(H,15,16). The fourth-order valence-electron chi connectivity index (χ4n) is 2.37. The number of carboxylic acids is 1. The van der Waals surface area contributed by atoms with Gasteiger partial charge in [0, 0.05) is 13.2 Å². The molecule has 19 heavy (non-hydrogen) atoms. The molecule has 2 aliphatic rings. The molecule has 2 N–H and O–H groups in total. The van der Waals surface area contributed by atoms with Crippen LogP contribution in [-0.2, 0) is 14.3 Å². The zero-order chi connectivity index (χ0) is 14.0. The second-order valence-corrected chi connectivity index (χ2v) is 5.46. The van der Waals surface area contributed by atoms with Crippen molar-refractivity contribution in [2.24, 2.45) is 0 Å². The van der Waals surface area contributed by atoms with Gasteiger partial charge < -0.3 is 24.8 Å². The maximum absolute atomic E-state index is 11.9. The van der Waals surface area contributed by atoms with Gasteiger partial charge in [-0.25, -0.2) is 9.59 Å². The average molecular weight is 272 g/mol. The molecule has 0 aromatic heterocycles. The average Bonchev–Trinajstić information content (AvgIpc) is 2.26. The van der Waals surface area contributed by atoms with Crippen LogP contribution in [0.5, 0.6) is 0 Å². The molecule has 0 spiro atoms. The number of hydrogen-bond acceptors (Lipinski definition) is 4. The Bertz CT molecular complexity index is 361. The number of hydrogen-bond donors (Lipinski definition) is 2. The van der Waals surface area contributed by atoms with Crippen LogP contribution < -0.4 is 5.32 Å². The first-order valence-corrected chi connectivity index (χ1v) is 6.36. The summed E-state index contributed by atoms with van der Waals surface area (Å²) in [5, 5.41) is 11.5. The predicted molar refractivity (Wildman–Crippen MR) is 65.9 cm³/mol. The van der Waals surface area contributed by atoms with Crippen molar-refractivity contribution in [2.45, 2.75) is 37.5 Å². The van der Waals surface area contributed by atoms with Crippen LogP contribution in [0.1, 0.15) is 19.8 Å². The van der Waals surface area contributed by atoms with Crippen molar-refractivity contribution in [3.63, 3.8) is 0 Å². The topological polar surface area (TPSA) is 88.1 Å². The lowest BCUT2D eigenvalue weighted by Gasteiger charge is -2.48. The van der Waals surface area contributed by atoms with E-state index in [1.54, 1.807) is 12.0 Å². The van der Waals surface area contributed by atoms with Gasteiger partial charge in [0.05, 0.1) is 19.2 Å². The van der Waals surface area contributed by atoms with E-state index in [2.05, 4.69) is 5.32 Å². The minimum Gasteiger partial charge on any atom is -0.480 e. The van der Waals surface area contributed by atoms with Gasteiger partial charge in [0.1, 0.15) is 12.2 Å². The first-order valence-electron chi connectivity index (χ1n) is 6.36. The van der Waals surface area contributed by atoms with E-state index in [1.807, 2.05) is 6.92 Å². The molecular weight excluding hydrogens is 252 g/mol. The molecule has 2 fully saturated rings. The smallest absolute Gasteiger partial charge is 0.329 e. The Kier molecular flexibility index (Phi) is 3.96. The van der Waals surface area contributed by atoms with Crippen LogP contribution in [-0.4, -0.2) is 66.6 Å². The molecule has 0 radical (unpaired) electrons. The lowest BCUT2D eigenvalue weighted by molar-refractivity contribution is -0.159. The maximum Gasteiger partial charge on any atom is 0.329 e. The number of nitrogens with one attached hydrogen (secondary N) is 1. The Morgan fingerprint density at radius 1 is 1.42 bits per heavy atom. The highest BCUT2D eigenvalue weighted by atomic mass is 16.5. The monoisotopic (exact) mass is 272 g/mol. The third-order valence-electron chi connectivity index (χ3n) is 3.64. The van der Waals surface area contributed by atoms with Gasteiger partial charge in [-0.05, 0) is 19.8 Å². The Morgan fingerprint density at radius 3 is 2.58 bits per heavy atom. The Labute approximate surface area is 111 Å². The summed E-state index contributed by atoms with van der Waals surface area (Å²) in [6, 6.07) is 0.0696. The molecule has 1 saturated heterocycles. The fourth-order valence-corrected chi connectivity index (χ4v) is 2.37. The molecule has 2 amide bonds. The van der Waals surface area contributed by atoms with Crippen molar-refractivity contribution in [1.82, 2.24) is 10.2 Å². The lowest BCUT2D eigenvalue weighted by atomic mass is 9.89. The number of nitrogens with zero attached hydrogens (tertiary/aromatic N) is 1. The third-order valence-corrected chi connectivity index (χ3v) is 3.64. The summed E-state index contributed by atoms with van der Waals surface area (Å²) in [6.45, 7) is 2.33. The minimum atomic E-state index is -0.996. The summed E-state index contributed by atoms with van der Waals surface area (Å²) >= 11 is 0. The van der Waals surface area contributed by atoms with Gasteiger partial charge >= 0.3 is 12.0 Å². The lowest BCUT2D eigenvalue weighted by Crippen LogP contribution is -2.66. The van der Waals surface area contributed by atoms with E-state index in [9.17, 15) is 9.59 Å². The van der Waals surface area contributed by atoms with E-state index in [4.69, 9.17) is 14.6 Å². The van der Waals surface area contributed by atoms with Gasteiger partial charge in [0.15, 0.2) is 0 Å². The number of ether oxygens (including phenoxy) is 2. The summed E-state index contributed by atoms with van der Waals surface area (Å²) < 4.78 is 10.4. The van der Waals surface area contributed by atoms with Crippen molar-refractivity contribution in [2.75, 3.05) is 26.8 Å². The molecule has 0 aromatic carbocycles. The van der Waals surface area contributed by atoms with Gasteiger partial charge in [-0.3, -0.25) is 0 Å². The largest absolute Gasteiger partial charge is 0.480 e. The molecule has 108 valence electrons. The predicted octanol–water partition coefficient (Wildman–Crippen LogP) is 0.0489. The zero-order valence-corrected chi connectivity index (χ0v) is 11.2. The summed E-state index contributed by atoms with van der Waals surface area (Å²) in [5.41, 5.74) is -0.537. The summed E-state index contributed by atoms with van der Waals surface area (Å²) in [5.74, 6) is -0.996. The quantitative estimate of drug-likeness (QED) is 0.738. The number of methoxy groups -OCH3 is 1. The van der Waals surface area contributed by atoms with E-state index < -0.39 is 11.6 Å². The number of rotatable bonds is 5. The molecule has 0 atom stereocenters. The zero-order valence-electron chi connectivity index (χ0n) is 11.2. The summed E-state index contributed by atoms with van der Waals surface area (Å²) in [7, 11) is 1.67. The molecule has 1 aliphatic heterocycles. The minimum absolute atomic E-state index is 0.115. The number of carbonyl (C=O) groups excluding carboxylic acids is 1. The van der Waals surface area contributed by atoms with E-state index >= 15 is 0 Å². The molecule has 7 nitrogen and oxygen atoms in total. The molecular formula is C12H20N2O5. The molecule has 1 heterocycles. The van der Waals surface area contributed by atoms with E-state index in [1.165, 1.54) is 0 Å². The molecule has 1 saturated carbocycles. The highest BCUT2D eigenvalue weighted by Gasteiger charge is 2.43. The first kappa shape index (κ1) is 14.1. The van der Waals surface area contributed by atoms with Crippen molar-refractivity contribution < 1.29 is 24.2 Å². The third kappa shape index (κ3) is 3.36. The number of likely N-dealkylation sites (tertiary alicyclic amines) is 1. The molecule has 2 rings (SSSR count). The van der Waals surface area contributed by atoms with Crippen LogP contribution in [0.15, 0.2) is 0 Å². The van der Waals surface area contributed by atoms with Crippen molar-refractivity contribution in [3.05, 3.63) is 0 Å². The van der Waals surface area contributed by atoms with Crippen LogP contribution in [0.25, 0.3) is 0 Å². The van der Waals surface area contributed by atoms with Gasteiger partial charge in [0.25, 0.3) is 0 Å². The van der Waals surface area contributed by atoms with Gasteiger partial charge in [-0.1, -0.05) is 0 Å². The number of urea groups is 1. The Hall–Kier alpha value is -1.34. The number of aliphatic carboxylic acids is 1. The van der Waals surface area contributed by atoms with Crippen molar-refractivity contribution in [3.8, 4) is 0 Å². The Balaban J connectivity index is 1.66. The molecule has 0 bridgehead atoms. The molecule has 1 aliphatic carbocycles. The number of carbonyl (C=O) groups is 2. The molecule has 0 aromatic rings.